The van der Waals surface area contributed by atoms with E-state index in [4.69, 9.17) is 0 Å². The third-order valence-electron chi connectivity index (χ3n) is 0. The Hall–Kier alpha value is 0.950. The predicted octanol–water partition coefficient (Wildman–Crippen LogP) is 0.753. The molecule has 0 atom stereocenters. The van der Waals surface area contributed by atoms with E-state index in [1.165, 1.54) is 0 Å². The number of hydrogen-bond acceptors (Lipinski definition) is 1. The van der Waals surface area contributed by atoms with Crippen molar-refractivity contribution in [3.63, 3.8) is 0 Å². The molecule has 0 bridgehead atoms. The summed E-state index contributed by atoms with van der Waals surface area (Å²) in [6.45, 7) is 0. The molecule has 0 rings (SSSR count). The van der Waals surface area contributed by atoms with Crippen molar-refractivity contribution in [3.8, 4) is 0 Å². The van der Waals surface area contributed by atoms with Crippen LogP contribution in [0.25, 0.3) is 0 Å². The molecule has 4 heteroatoms. The van der Waals surface area contributed by atoms with E-state index in [2.05, 4.69) is 12.6 Å². The molecule has 5 heavy (non-hydrogen) atoms. The van der Waals surface area contributed by atoms with E-state index >= 15 is 0 Å². The van der Waals surface area contributed by atoms with E-state index in [-0.39, 0.29) is 22.4 Å². The molecule has 0 aliphatic carbocycles. The van der Waals surface area contributed by atoms with Gasteiger partial charge in [-0.15, -0.1) is 0 Å². The zero-order chi connectivity index (χ0) is 3.58. The van der Waals surface area contributed by atoms with Crippen LogP contribution in [0.2, 0.25) is 0 Å². The number of rotatable bonds is 0. The summed E-state index contributed by atoms with van der Waals surface area (Å²) >= 11 is 3.29. The fourth-order valence-corrected chi connectivity index (χ4v) is 0. The van der Waals surface area contributed by atoms with E-state index in [9.17, 15) is 8.78 Å². The Labute approximate surface area is 49.9 Å². The molecule has 0 unspecified atom stereocenters. The van der Waals surface area contributed by atoms with Crippen LogP contribution in [-0.4, -0.2) is 5.76 Å². The molecule has 0 fully saturated rings. The topological polar surface area (TPSA) is 0 Å². The van der Waals surface area contributed by atoms with Gasteiger partial charge in [0.1, 0.15) is 5.76 Å². The molecule has 0 aliphatic rings. The van der Waals surface area contributed by atoms with Crippen molar-refractivity contribution in [2.75, 3.05) is 0 Å². The summed E-state index contributed by atoms with van der Waals surface area (Å²) in [5.74, 6) is -2.58. The summed E-state index contributed by atoms with van der Waals surface area (Å²) in [5.41, 5.74) is 0. The van der Waals surface area contributed by atoms with Gasteiger partial charge in [0.15, 0.2) is 0 Å². The molecule has 0 N–H and O–H groups in total. The van der Waals surface area contributed by atoms with Gasteiger partial charge in [0, 0.05) is 0 Å². The molecule has 0 aromatic rings. The van der Waals surface area contributed by atoms with Crippen LogP contribution in [0, 0.1) is 0 Å². The molecule has 0 spiro atoms. The third kappa shape index (κ3) is 47.7. The number of alkyl halides is 2. The minimum atomic E-state index is -2.58. The molecule has 0 saturated carbocycles. The van der Waals surface area contributed by atoms with Crippen molar-refractivity contribution in [3.05, 3.63) is 0 Å². The molecule has 0 amide bonds. The van der Waals surface area contributed by atoms with Crippen LogP contribution in [0.15, 0.2) is 0 Å². The molecule has 0 heterocycles. The van der Waals surface area contributed by atoms with E-state index in [1.54, 1.807) is 0 Å². The molecule has 36 valence electrons. The first kappa shape index (κ1) is 9.34. The van der Waals surface area contributed by atoms with Gasteiger partial charge in [0.25, 0.3) is 0 Å². The second kappa shape index (κ2) is 4.95. The van der Waals surface area contributed by atoms with Crippen LogP contribution in [0.4, 0.5) is 8.78 Å². The van der Waals surface area contributed by atoms with Crippen molar-refractivity contribution in [2.24, 2.45) is 0 Å². The van der Waals surface area contributed by atoms with Gasteiger partial charge in [-0.1, -0.05) is 0 Å². The van der Waals surface area contributed by atoms with Gasteiger partial charge in [-0.05, 0) is 0 Å². The summed E-state index contributed by atoms with van der Waals surface area (Å²) in [6.07, 6.45) is 0. The molecular formula is CHAgF2S. The minimum absolute atomic E-state index is 0. The zero-order valence-corrected chi connectivity index (χ0v) is 4.34. The van der Waals surface area contributed by atoms with Crippen molar-refractivity contribution in [2.45, 2.75) is 5.76 Å². The third-order valence-corrected chi connectivity index (χ3v) is 0. The van der Waals surface area contributed by atoms with Crippen LogP contribution in [-0.2, 0) is 35.0 Å². The van der Waals surface area contributed by atoms with Gasteiger partial charge in [0.05, 0.1) is 0 Å². The van der Waals surface area contributed by atoms with Crippen LogP contribution in [0.3, 0.4) is 0 Å². The quantitative estimate of drug-likeness (QED) is 0.402. The number of halogens is 2. The summed E-state index contributed by atoms with van der Waals surface area (Å²) in [6, 6.07) is 0. The molecule has 0 radical (unpaired) electrons. The summed E-state index contributed by atoms with van der Waals surface area (Å²) in [5, 5.41) is 0. The minimum Gasteiger partial charge on any atom is -0.721 e. The zero-order valence-electron chi connectivity index (χ0n) is 2.04. The molecular weight excluding hydrogens is 190 g/mol. The fraction of sp³-hybridized carbons (Fsp3) is 1.00. The second-order valence-corrected chi connectivity index (χ2v) is 0.617. The Kier molecular flexibility index (Phi) is 9.25. The first-order valence-electron chi connectivity index (χ1n) is 0.672. The summed E-state index contributed by atoms with van der Waals surface area (Å²) in [7, 11) is 0. The molecule has 0 nitrogen and oxygen atoms in total. The summed E-state index contributed by atoms with van der Waals surface area (Å²) < 4.78 is 20.3. The van der Waals surface area contributed by atoms with E-state index in [0.29, 0.717) is 0 Å². The Morgan fingerprint density at radius 2 is 1.40 bits per heavy atom. The monoisotopic (exact) mass is 190 g/mol. The average Bonchev–Trinajstić information content (AvgIpc) is 0.811. The van der Waals surface area contributed by atoms with Crippen LogP contribution >= 0.6 is 0 Å². The molecule has 0 aromatic carbocycles. The van der Waals surface area contributed by atoms with Crippen molar-refractivity contribution >= 4 is 12.6 Å². The average molecular weight is 191 g/mol. The number of hydrogen-bond donors (Lipinski definition) is 0. The smallest absolute Gasteiger partial charge is 0.721 e. The predicted molar refractivity (Wildman–Crippen MR) is 13.4 cm³/mol. The fourth-order valence-electron chi connectivity index (χ4n) is 0. The van der Waals surface area contributed by atoms with Crippen LogP contribution in [0.1, 0.15) is 0 Å². The maximum Gasteiger partial charge on any atom is 1.00 e. The first-order chi connectivity index (χ1) is 1.73. The van der Waals surface area contributed by atoms with Crippen molar-refractivity contribution in [1.29, 1.82) is 0 Å². The van der Waals surface area contributed by atoms with E-state index in [1.807, 2.05) is 0 Å². The van der Waals surface area contributed by atoms with Crippen LogP contribution < -0.4 is 0 Å². The van der Waals surface area contributed by atoms with Crippen molar-refractivity contribution in [1.82, 2.24) is 0 Å². The molecule has 0 aliphatic heterocycles. The normalized spacial score (nSPS) is 7.20. The van der Waals surface area contributed by atoms with E-state index in [0.717, 1.165) is 0 Å². The van der Waals surface area contributed by atoms with Gasteiger partial charge in [-0.2, -0.15) is 0 Å². The largest absolute Gasteiger partial charge is 1.00 e. The summed E-state index contributed by atoms with van der Waals surface area (Å²) in [4.78, 5) is 0. The van der Waals surface area contributed by atoms with Gasteiger partial charge < -0.3 is 12.6 Å². The SMILES string of the molecule is FC(F)[S-].[Ag+]. The maximum atomic E-state index is 10.1. The Morgan fingerprint density at radius 3 is 1.40 bits per heavy atom. The van der Waals surface area contributed by atoms with Crippen LogP contribution in [0.5, 0.6) is 0 Å². The first-order valence-corrected chi connectivity index (χ1v) is 1.14. The van der Waals surface area contributed by atoms with Gasteiger partial charge in [-0.3, -0.25) is 0 Å². The van der Waals surface area contributed by atoms with Gasteiger partial charge >= 0.3 is 22.4 Å². The Balaban J connectivity index is 0. The molecule has 0 saturated heterocycles. The molecule has 0 aromatic heterocycles. The maximum absolute atomic E-state index is 10.1. The Bertz CT molecular complexity index is 14.4. The second-order valence-electron chi connectivity index (χ2n) is 0.261. The standard InChI is InChI=1S/CH2F2S.Ag/c2-1(3)4;/h1,4H;/q;+1/p-1. The van der Waals surface area contributed by atoms with Crippen molar-refractivity contribution < 1.29 is 31.2 Å². The van der Waals surface area contributed by atoms with E-state index < -0.39 is 5.76 Å². The van der Waals surface area contributed by atoms with Gasteiger partial charge in [0.2, 0.25) is 0 Å². The Morgan fingerprint density at radius 1 is 1.40 bits per heavy atom. The van der Waals surface area contributed by atoms with Gasteiger partial charge in [-0.25, -0.2) is 8.78 Å².